The second kappa shape index (κ2) is 6.14. The topological polar surface area (TPSA) is 70.5 Å². The van der Waals surface area contributed by atoms with E-state index in [4.69, 9.17) is 5.11 Å². The predicted molar refractivity (Wildman–Crippen MR) is 72.2 cm³/mol. The number of carboxylic acid groups (broad SMARTS) is 1. The lowest BCUT2D eigenvalue weighted by Crippen LogP contribution is -2.40. The number of carbonyl (C=O) groups is 2. The zero-order chi connectivity index (χ0) is 13.8. The molecular weight excluding hydrogens is 264 g/mol. The zero-order valence-electron chi connectivity index (χ0n) is 11.0. The Morgan fingerprint density at radius 2 is 2.37 bits per heavy atom. The van der Waals surface area contributed by atoms with E-state index in [9.17, 15) is 9.59 Å². The maximum Gasteiger partial charge on any atom is 0.326 e. The van der Waals surface area contributed by atoms with Gasteiger partial charge in [-0.1, -0.05) is 0 Å². The number of nitrogens with zero attached hydrogens (tertiary/aromatic N) is 2. The molecule has 1 aromatic heterocycles. The number of aliphatic carboxylic acids is 1. The molecular formula is C13H18N2O3S. The highest BCUT2D eigenvalue weighted by Gasteiger charge is 2.33. The third kappa shape index (κ3) is 3.53. The average Bonchev–Trinajstić information content (AvgIpc) is 2.97. The molecule has 1 amide bonds. The van der Waals surface area contributed by atoms with Crippen molar-refractivity contribution in [2.24, 2.45) is 0 Å². The summed E-state index contributed by atoms with van der Waals surface area (Å²) in [6.07, 6.45) is 3.27. The number of amides is 1. The zero-order valence-corrected chi connectivity index (χ0v) is 11.8. The lowest BCUT2D eigenvalue weighted by molar-refractivity contribution is -0.148. The number of rotatable bonds is 5. The number of hydrogen-bond donors (Lipinski definition) is 1. The van der Waals surface area contributed by atoms with Crippen LogP contribution < -0.4 is 0 Å². The molecule has 0 spiro atoms. The SMILES string of the molecule is Cc1nc(CCCC(=O)N2CCCC2C(=O)O)cs1. The molecule has 1 saturated heterocycles. The predicted octanol–water partition coefficient (Wildman–Crippen LogP) is 1.85. The van der Waals surface area contributed by atoms with Crippen LogP contribution >= 0.6 is 11.3 Å². The fraction of sp³-hybridized carbons (Fsp3) is 0.615. The van der Waals surface area contributed by atoms with E-state index in [0.29, 0.717) is 19.4 Å². The first-order chi connectivity index (χ1) is 9.08. The first kappa shape index (κ1) is 14.0. The number of hydrogen-bond acceptors (Lipinski definition) is 4. The van der Waals surface area contributed by atoms with Crippen molar-refractivity contribution in [1.29, 1.82) is 0 Å². The maximum atomic E-state index is 12.0. The van der Waals surface area contributed by atoms with Gasteiger partial charge in [0.05, 0.1) is 10.7 Å². The van der Waals surface area contributed by atoms with Crippen LogP contribution in [0.3, 0.4) is 0 Å². The van der Waals surface area contributed by atoms with Gasteiger partial charge in [0.2, 0.25) is 5.91 Å². The minimum Gasteiger partial charge on any atom is -0.480 e. The standard InChI is InChI=1S/C13H18N2O3S/c1-9-14-10(8-19-9)4-2-6-12(16)15-7-3-5-11(15)13(17)18/h8,11H,2-7H2,1H3,(H,17,18). The Bertz CT molecular complexity index is 472. The molecule has 0 radical (unpaired) electrons. The Morgan fingerprint density at radius 1 is 1.58 bits per heavy atom. The van der Waals surface area contributed by atoms with Gasteiger partial charge in [0.25, 0.3) is 0 Å². The van der Waals surface area contributed by atoms with Crippen molar-refractivity contribution >= 4 is 23.2 Å². The van der Waals surface area contributed by atoms with Crippen LogP contribution in [0, 0.1) is 6.92 Å². The molecule has 6 heteroatoms. The maximum absolute atomic E-state index is 12.0. The Kier molecular flexibility index (Phi) is 4.52. The van der Waals surface area contributed by atoms with Gasteiger partial charge in [-0.25, -0.2) is 9.78 Å². The fourth-order valence-corrected chi connectivity index (χ4v) is 3.06. The van der Waals surface area contributed by atoms with Crippen LogP contribution in [0.4, 0.5) is 0 Å². The van der Waals surface area contributed by atoms with Gasteiger partial charge >= 0.3 is 5.97 Å². The van der Waals surface area contributed by atoms with Crippen molar-refractivity contribution in [3.05, 3.63) is 16.1 Å². The summed E-state index contributed by atoms with van der Waals surface area (Å²) in [7, 11) is 0. The smallest absolute Gasteiger partial charge is 0.326 e. The highest BCUT2D eigenvalue weighted by atomic mass is 32.1. The Labute approximate surface area is 116 Å². The summed E-state index contributed by atoms with van der Waals surface area (Å²) in [6.45, 7) is 2.53. The third-order valence-electron chi connectivity index (χ3n) is 3.35. The number of aryl methyl sites for hydroxylation is 2. The molecule has 1 aliphatic heterocycles. The largest absolute Gasteiger partial charge is 0.480 e. The summed E-state index contributed by atoms with van der Waals surface area (Å²) in [5, 5.41) is 12.1. The number of likely N-dealkylation sites (tertiary alicyclic amines) is 1. The number of aromatic nitrogens is 1. The highest BCUT2D eigenvalue weighted by Crippen LogP contribution is 2.19. The van der Waals surface area contributed by atoms with Gasteiger partial charge in [0.1, 0.15) is 6.04 Å². The van der Waals surface area contributed by atoms with E-state index in [2.05, 4.69) is 4.98 Å². The lowest BCUT2D eigenvalue weighted by Gasteiger charge is -2.21. The van der Waals surface area contributed by atoms with Gasteiger partial charge in [-0.15, -0.1) is 11.3 Å². The van der Waals surface area contributed by atoms with Crippen molar-refractivity contribution in [3.63, 3.8) is 0 Å². The minimum atomic E-state index is -0.888. The normalized spacial score (nSPS) is 18.8. The highest BCUT2D eigenvalue weighted by molar-refractivity contribution is 7.09. The molecule has 1 unspecified atom stereocenters. The Hall–Kier alpha value is -1.43. The number of carbonyl (C=O) groups excluding carboxylic acids is 1. The lowest BCUT2D eigenvalue weighted by atomic mass is 10.1. The molecule has 104 valence electrons. The molecule has 2 heterocycles. The van der Waals surface area contributed by atoms with E-state index in [-0.39, 0.29) is 5.91 Å². The molecule has 1 atom stereocenters. The van der Waals surface area contributed by atoms with Crippen molar-refractivity contribution in [1.82, 2.24) is 9.88 Å². The van der Waals surface area contributed by atoms with Gasteiger partial charge in [-0.05, 0) is 32.6 Å². The Morgan fingerprint density at radius 3 is 3.00 bits per heavy atom. The van der Waals surface area contributed by atoms with E-state index >= 15 is 0 Å². The summed E-state index contributed by atoms with van der Waals surface area (Å²) in [4.78, 5) is 28.9. The monoisotopic (exact) mass is 282 g/mol. The number of thiazole rings is 1. The van der Waals surface area contributed by atoms with Crippen LogP contribution in [-0.2, 0) is 16.0 Å². The van der Waals surface area contributed by atoms with Crippen LogP contribution in [0.2, 0.25) is 0 Å². The molecule has 1 fully saturated rings. The van der Waals surface area contributed by atoms with E-state index in [1.807, 2.05) is 12.3 Å². The molecule has 0 bridgehead atoms. The van der Waals surface area contributed by atoms with Crippen molar-refractivity contribution in [2.75, 3.05) is 6.54 Å². The molecule has 0 aliphatic carbocycles. The molecule has 5 nitrogen and oxygen atoms in total. The minimum absolute atomic E-state index is 0.0446. The van der Waals surface area contributed by atoms with Gasteiger partial charge < -0.3 is 10.0 Å². The van der Waals surface area contributed by atoms with Gasteiger partial charge in [0, 0.05) is 18.3 Å². The van der Waals surface area contributed by atoms with Crippen LogP contribution in [-0.4, -0.2) is 39.5 Å². The van der Waals surface area contributed by atoms with Crippen LogP contribution in [0.5, 0.6) is 0 Å². The fourth-order valence-electron chi connectivity index (χ4n) is 2.41. The summed E-state index contributed by atoms with van der Waals surface area (Å²) in [5.41, 5.74) is 1.02. The van der Waals surface area contributed by atoms with E-state index in [1.165, 1.54) is 4.90 Å². The van der Waals surface area contributed by atoms with Gasteiger partial charge in [0.15, 0.2) is 0 Å². The van der Waals surface area contributed by atoms with Crippen LogP contribution in [0.25, 0.3) is 0 Å². The van der Waals surface area contributed by atoms with Crippen molar-refractivity contribution in [2.45, 2.75) is 45.1 Å². The molecule has 0 aromatic carbocycles. The summed E-state index contributed by atoms with van der Waals surface area (Å²) in [5.74, 6) is -0.933. The first-order valence-corrected chi connectivity index (χ1v) is 7.39. The molecule has 1 N–H and O–H groups in total. The summed E-state index contributed by atoms with van der Waals surface area (Å²) in [6, 6.07) is -0.617. The second-order valence-electron chi connectivity index (χ2n) is 4.79. The molecule has 1 aliphatic rings. The van der Waals surface area contributed by atoms with E-state index in [1.54, 1.807) is 11.3 Å². The van der Waals surface area contributed by atoms with Gasteiger partial charge in [-0.3, -0.25) is 4.79 Å². The van der Waals surface area contributed by atoms with Crippen LogP contribution in [0.15, 0.2) is 5.38 Å². The van der Waals surface area contributed by atoms with Gasteiger partial charge in [-0.2, -0.15) is 0 Å². The molecule has 0 saturated carbocycles. The van der Waals surface area contributed by atoms with Crippen molar-refractivity contribution in [3.8, 4) is 0 Å². The van der Waals surface area contributed by atoms with E-state index in [0.717, 1.165) is 30.0 Å². The number of carboxylic acids is 1. The average molecular weight is 282 g/mol. The third-order valence-corrected chi connectivity index (χ3v) is 4.17. The quantitative estimate of drug-likeness (QED) is 0.894. The van der Waals surface area contributed by atoms with E-state index < -0.39 is 12.0 Å². The van der Waals surface area contributed by atoms with Crippen LogP contribution in [0.1, 0.15) is 36.4 Å². The summed E-state index contributed by atoms with van der Waals surface area (Å²) >= 11 is 1.61. The molecule has 2 rings (SSSR count). The first-order valence-electron chi connectivity index (χ1n) is 6.51. The molecule has 19 heavy (non-hydrogen) atoms. The summed E-state index contributed by atoms with van der Waals surface area (Å²) < 4.78 is 0. The van der Waals surface area contributed by atoms with Crippen molar-refractivity contribution < 1.29 is 14.7 Å². The second-order valence-corrected chi connectivity index (χ2v) is 5.86. The Balaban J connectivity index is 1.79. The molecule has 1 aromatic rings.